The van der Waals surface area contributed by atoms with Gasteiger partial charge < -0.3 is 15.1 Å². The molecular weight excluding hydrogens is 384 g/mol. The first-order chi connectivity index (χ1) is 14.1. The lowest BCUT2D eigenvalue weighted by molar-refractivity contribution is 0.0932. The molecule has 0 aliphatic rings. The highest BCUT2D eigenvalue weighted by molar-refractivity contribution is 7.12. The van der Waals surface area contributed by atoms with E-state index in [2.05, 4.69) is 10.6 Å². The second-order valence-electron chi connectivity index (χ2n) is 6.74. The average Bonchev–Trinajstić information content (AvgIpc) is 3.42. The van der Waals surface area contributed by atoms with Crippen molar-refractivity contribution in [2.45, 2.75) is 19.5 Å². The van der Waals surface area contributed by atoms with Crippen molar-refractivity contribution in [3.63, 3.8) is 0 Å². The normalized spacial score (nSPS) is 11.9. The third kappa shape index (κ3) is 4.38. The highest BCUT2D eigenvalue weighted by Crippen LogP contribution is 2.23. The van der Waals surface area contributed by atoms with Crippen molar-refractivity contribution in [1.82, 2.24) is 10.6 Å². The molecule has 4 rings (SSSR count). The van der Waals surface area contributed by atoms with Crippen LogP contribution in [0.2, 0.25) is 0 Å². The first-order valence-electron chi connectivity index (χ1n) is 9.30. The Balaban J connectivity index is 1.35. The lowest BCUT2D eigenvalue weighted by atomic mass is 10.1. The van der Waals surface area contributed by atoms with Gasteiger partial charge in [0.15, 0.2) is 0 Å². The van der Waals surface area contributed by atoms with Gasteiger partial charge in [-0.25, -0.2) is 0 Å². The third-order valence-corrected chi connectivity index (χ3v) is 5.50. The molecule has 146 valence electrons. The van der Waals surface area contributed by atoms with Gasteiger partial charge in [0, 0.05) is 17.5 Å². The number of rotatable bonds is 6. The zero-order valence-corrected chi connectivity index (χ0v) is 16.7. The van der Waals surface area contributed by atoms with Crippen LogP contribution in [0.15, 0.2) is 76.5 Å². The van der Waals surface area contributed by atoms with E-state index in [0.29, 0.717) is 22.7 Å². The molecule has 2 amide bonds. The molecule has 2 N–H and O–H groups in total. The number of para-hydroxylation sites is 1. The number of carbonyl (C=O) groups is 2. The van der Waals surface area contributed by atoms with Gasteiger partial charge in [0.25, 0.3) is 11.8 Å². The van der Waals surface area contributed by atoms with Gasteiger partial charge >= 0.3 is 0 Å². The monoisotopic (exact) mass is 404 g/mol. The van der Waals surface area contributed by atoms with Crippen molar-refractivity contribution < 1.29 is 14.0 Å². The van der Waals surface area contributed by atoms with Crippen LogP contribution < -0.4 is 10.6 Å². The van der Waals surface area contributed by atoms with Crippen molar-refractivity contribution in [2.24, 2.45) is 0 Å². The minimum absolute atomic E-state index is 0.0959. The average molecular weight is 404 g/mol. The van der Waals surface area contributed by atoms with Crippen LogP contribution in [0, 0.1) is 0 Å². The van der Waals surface area contributed by atoms with Crippen LogP contribution in [0.25, 0.3) is 11.0 Å². The maximum absolute atomic E-state index is 12.6. The summed E-state index contributed by atoms with van der Waals surface area (Å²) < 4.78 is 5.82. The lowest BCUT2D eigenvalue weighted by Crippen LogP contribution is -2.26. The van der Waals surface area contributed by atoms with Crippen LogP contribution in [-0.4, -0.2) is 11.8 Å². The van der Waals surface area contributed by atoms with E-state index in [4.69, 9.17) is 4.42 Å². The number of carbonyl (C=O) groups excluding carboxylic acids is 2. The van der Waals surface area contributed by atoms with Gasteiger partial charge in [-0.05, 0) is 48.2 Å². The van der Waals surface area contributed by atoms with Crippen molar-refractivity contribution in [1.29, 1.82) is 0 Å². The number of hydrogen-bond donors (Lipinski definition) is 2. The van der Waals surface area contributed by atoms with E-state index in [1.807, 2.05) is 60.8 Å². The summed E-state index contributed by atoms with van der Waals surface area (Å²) in [5.41, 5.74) is 2.29. The Labute approximate surface area is 172 Å². The van der Waals surface area contributed by atoms with E-state index in [0.717, 1.165) is 16.5 Å². The summed E-state index contributed by atoms with van der Waals surface area (Å²) in [6, 6.07) is 20.3. The molecule has 0 bridgehead atoms. The van der Waals surface area contributed by atoms with E-state index >= 15 is 0 Å². The van der Waals surface area contributed by atoms with Crippen LogP contribution in [-0.2, 0) is 6.54 Å². The highest BCUT2D eigenvalue weighted by Gasteiger charge is 2.15. The van der Waals surface area contributed by atoms with Gasteiger partial charge in [0.2, 0.25) is 0 Å². The van der Waals surface area contributed by atoms with Crippen molar-refractivity contribution in [3.8, 4) is 0 Å². The van der Waals surface area contributed by atoms with Crippen molar-refractivity contribution in [2.75, 3.05) is 0 Å². The molecule has 0 saturated carbocycles. The van der Waals surface area contributed by atoms with Crippen LogP contribution >= 0.6 is 11.3 Å². The first-order valence-corrected chi connectivity index (χ1v) is 10.2. The first kappa shape index (κ1) is 19.0. The quantitative estimate of drug-likeness (QED) is 0.479. The molecule has 5 nitrogen and oxygen atoms in total. The summed E-state index contributed by atoms with van der Waals surface area (Å²) in [5.74, 6) is 0.445. The fourth-order valence-corrected chi connectivity index (χ4v) is 3.66. The Hall–Kier alpha value is -3.38. The van der Waals surface area contributed by atoms with Gasteiger partial charge in [-0.15, -0.1) is 11.3 Å². The Morgan fingerprint density at radius 2 is 1.79 bits per heavy atom. The van der Waals surface area contributed by atoms with Crippen LogP contribution in [0.3, 0.4) is 0 Å². The van der Waals surface area contributed by atoms with Gasteiger partial charge in [-0.3, -0.25) is 9.59 Å². The standard InChI is InChI=1S/C23H20N2O3S/c1-15(20-13-18-5-2-3-6-19(18)28-20)25-22(26)17-10-8-16(9-11-17)14-24-23(27)21-7-4-12-29-21/h2-13,15H,14H2,1H3,(H,24,27)(H,25,26)/t15-/m0/s1. The van der Waals surface area contributed by atoms with E-state index in [1.54, 1.807) is 18.2 Å². The number of furan rings is 1. The maximum Gasteiger partial charge on any atom is 0.261 e. The van der Waals surface area contributed by atoms with Crippen LogP contribution in [0.1, 0.15) is 44.3 Å². The smallest absolute Gasteiger partial charge is 0.261 e. The molecule has 0 fully saturated rings. The summed E-state index contributed by atoms with van der Waals surface area (Å²) >= 11 is 1.40. The fourth-order valence-electron chi connectivity index (χ4n) is 3.02. The Morgan fingerprint density at radius 3 is 2.52 bits per heavy atom. The summed E-state index contributed by atoms with van der Waals surface area (Å²) in [6.45, 7) is 2.30. The van der Waals surface area contributed by atoms with Gasteiger partial charge in [-0.1, -0.05) is 36.4 Å². The minimum atomic E-state index is -0.250. The Morgan fingerprint density at radius 1 is 1.00 bits per heavy atom. The Bertz CT molecular complexity index is 1100. The number of fused-ring (bicyclic) bond motifs is 1. The van der Waals surface area contributed by atoms with E-state index < -0.39 is 0 Å². The molecule has 0 unspecified atom stereocenters. The summed E-state index contributed by atoms with van der Waals surface area (Å²) in [6.07, 6.45) is 0. The minimum Gasteiger partial charge on any atom is -0.459 e. The molecule has 6 heteroatoms. The van der Waals surface area contributed by atoms with Gasteiger partial charge in [0.05, 0.1) is 10.9 Å². The number of hydrogen-bond acceptors (Lipinski definition) is 4. The molecule has 1 atom stereocenters. The molecule has 2 aromatic heterocycles. The summed E-state index contributed by atoms with van der Waals surface area (Å²) in [4.78, 5) is 25.2. The molecule has 2 heterocycles. The predicted octanol–water partition coefficient (Wildman–Crippen LogP) is 4.92. The maximum atomic E-state index is 12.6. The fraction of sp³-hybridized carbons (Fsp3) is 0.130. The number of nitrogens with one attached hydrogen (secondary N) is 2. The van der Waals surface area contributed by atoms with E-state index in [1.165, 1.54) is 11.3 Å². The highest BCUT2D eigenvalue weighted by atomic mass is 32.1. The molecule has 0 saturated heterocycles. The topological polar surface area (TPSA) is 71.3 Å². The molecule has 29 heavy (non-hydrogen) atoms. The van der Waals surface area contributed by atoms with E-state index in [-0.39, 0.29) is 17.9 Å². The van der Waals surface area contributed by atoms with Crippen molar-refractivity contribution >= 4 is 34.1 Å². The van der Waals surface area contributed by atoms with Gasteiger partial charge in [-0.2, -0.15) is 0 Å². The second kappa shape index (κ2) is 8.32. The molecule has 0 radical (unpaired) electrons. The molecule has 0 spiro atoms. The van der Waals surface area contributed by atoms with Crippen LogP contribution in [0.4, 0.5) is 0 Å². The number of amides is 2. The third-order valence-electron chi connectivity index (χ3n) is 4.63. The molecule has 4 aromatic rings. The predicted molar refractivity (Wildman–Crippen MR) is 114 cm³/mol. The molecular formula is C23H20N2O3S. The summed E-state index contributed by atoms with van der Waals surface area (Å²) in [5, 5.41) is 8.72. The zero-order chi connectivity index (χ0) is 20.2. The molecule has 2 aromatic carbocycles. The second-order valence-corrected chi connectivity index (χ2v) is 7.69. The molecule has 0 aliphatic carbocycles. The number of benzene rings is 2. The Kier molecular flexibility index (Phi) is 5.44. The van der Waals surface area contributed by atoms with Gasteiger partial charge in [0.1, 0.15) is 11.3 Å². The largest absolute Gasteiger partial charge is 0.459 e. The molecule has 0 aliphatic heterocycles. The zero-order valence-electron chi connectivity index (χ0n) is 15.8. The summed E-state index contributed by atoms with van der Waals surface area (Å²) in [7, 11) is 0. The van der Waals surface area contributed by atoms with Crippen molar-refractivity contribution in [3.05, 3.63) is 93.9 Å². The van der Waals surface area contributed by atoms with Crippen LogP contribution in [0.5, 0.6) is 0 Å². The lowest BCUT2D eigenvalue weighted by Gasteiger charge is -2.12. The van der Waals surface area contributed by atoms with E-state index in [9.17, 15) is 9.59 Å². The number of thiophene rings is 1. The SMILES string of the molecule is C[C@H](NC(=O)c1ccc(CNC(=O)c2cccs2)cc1)c1cc2ccccc2o1.